The van der Waals surface area contributed by atoms with Crippen molar-refractivity contribution in [2.75, 3.05) is 0 Å². The first kappa shape index (κ1) is 9.85. The third kappa shape index (κ3) is 2.11. The molecule has 17 heavy (non-hydrogen) atoms. The quantitative estimate of drug-likeness (QED) is 0.651. The predicted octanol–water partition coefficient (Wildman–Crippen LogP) is 4.03. The van der Waals surface area contributed by atoms with E-state index < -0.39 is 0 Å². The molecule has 2 nitrogen and oxygen atoms in total. The van der Waals surface area contributed by atoms with Crippen LogP contribution in [0.4, 0.5) is 0 Å². The van der Waals surface area contributed by atoms with Crippen LogP contribution in [0.15, 0.2) is 66.9 Å². The number of benzene rings is 2. The summed E-state index contributed by atoms with van der Waals surface area (Å²) in [6, 6.07) is 19.8. The van der Waals surface area contributed by atoms with Crippen LogP contribution < -0.4 is 4.74 Å². The largest absolute Gasteiger partial charge is 0.439 e. The molecule has 0 aliphatic rings. The van der Waals surface area contributed by atoms with E-state index >= 15 is 0 Å². The van der Waals surface area contributed by atoms with Crippen molar-refractivity contribution >= 4 is 10.8 Å². The first-order chi connectivity index (χ1) is 8.42. The Kier molecular flexibility index (Phi) is 2.47. The van der Waals surface area contributed by atoms with Crippen LogP contribution >= 0.6 is 0 Å². The molecule has 0 unspecified atom stereocenters. The topological polar surface area (TPSA) is 22.1 Å². The van der Waals surface area contributed by atoms with Crippen molar-refractivity contribution in [2.24, 2.45) is 0 Å². The Labute approximate surface area is 99.5 Å². The molecule has 1 aromatic heterocycles. The van der Waals surface area contributed by atoms with Crippen molar-refractivity contribution in [2.45, 2.75) is 0 Å². The fourth-order valence-electron chi connectivity index (χ4n) is 1.76. The van der Waals surface area contributed by atoms with Gasteiger partial charge in [-0.2, -0.15) is 0 Å². The van der Waals surface area contributed by atoms with Gasteiger partial charge in [0.15, 0.2) is 0 Å². The maximum atomic E-state index is 5.68. The molecule has 0 spiro atoms. The number of nitrogens with zero attached hydrogens (tertiary/aromatic N) is 1. The highest BCUT2D eigenvalue weighted by Crippen LogP contribution is 2.24. The van der Waals surface area contributed by atoms with Crippen LogP contribution in [0.25, 0.3) is 10.8 Å². The molecule has 0 N–H and O–H groups in total. The maximum absolute atomic E-state index is 5.68. The van der Waals surface area contributed by atoms with Crippen molar-refractivity contribution in [3.63, 3.8) is 0 Å². The maximum Gasteiger partial charge on any atom is 0.219 e. The summed E-state index contributed by atoms with van der Waals surface area (Å²) >= 11 is 0. The Hall–Kier alpha value is -2.35. The van der Waals surface area contributed by atoms with E-state index in [-0.39, 0.29) is 0 Å². The van der Waals surface area contributed by atoms with Gasteiger partial charge >= 0.3 is 0 Å². The van der Waals surface area contributed by atoms with Crippen molar-refractivity contribution in [3.05, 3.63) is 66.9 Å². The zero-order valence-electron chi connectivity index (χ0n) is 9.21. The molecule has 0 aliphatic heterocycles. The van der Waals surface area contributed by atoms with Gasteiger partial charge in [-0.15, -0.1) is 0 Å². The molecule has 82 valence electrons. The zero-order valence-corrected chi connectivity index (χ0v) is 9.21. The van der Waals surface area contributed by atoms with E-state index in [0.717, 1.165) is 5.75 Å². The molecule has 0 amide bonds. The average Bonchev–Trinajstić information content (AvgIpc) is 2.40. The summed E-state index contributed by atoms with van der Waals surface area (Å²) in [5, 5.41) is 2.38. The van der Waals surface area contributed by atoms with E-state index in [1.54, 1.807) is 6.20 Å². The Morgan fingerprint density at radius 1 is 0.765 bits per heavy atom. The molecule has 2 aromatic carbocycles. The number of ether oxygens (including phenoxy) is 1. The molecular formula is C15H11NO. The number of hydrogen-bond donors (Lipinski definition) is 0. The van der Waals surface area contributed by atoms with Crippen LogP contribution in [-0.4, -0.2) is 4.98 Å². The summed E-state index contributed by atoms with van der Waals surface area (Å²) in [7, 11) is 0. The van der Waals surface area contributed by atoms with Gasteiger partial charge < -0.3 is 4.74 Å². The van der Waals surface area contributed by atoms with Crippen molar-refractivity contribution in [3.8, 4) is 11.6 Å². The van der Waals surface area contributed by atoms with E-state index in [1.807, 2.05) is 48.5 Å². The zero-order chi connectivity index (χ0) is 11.5. The predicted molar refractivity (Wildman–Crippen MR) is 68.3 cm³/mol. The van der Waals surface area contributed by atoms with E-state index in [2.05, 4.69) is 17.1 Å². The second kappa shape index (κ2) is 4.26. The average molecular weight is 221 g/mol. The van der Waals surface area contributed by atoms with E-state index in [9.17, 15) is 0 Å². The molecule has 0 fully saturated rings. The highest BCUT2D eigenvalue weighted by Gasteiger charge is 1.99. The fourth-order valence-corrected chi connectivity index (χ4v) is 1.76. The summed E-state index contributed by atoms with van der Waals surface area (Å²) in [4.78, 5) is 4.13. The molecule has 0 radical (unpaired) electrons. The molecule has 0 saturated heterocycles. The molecular weight excluding hydrogens is 210 g/mol. The summed E-state index contributed by atoms with van der Waals surface area (Å²) in [6.45, 7) is 0. The first-order valence-corrected chi connectivity index (χ1v) is 5.49. The SMILES string of the molecule is c1ccc(Oc2ccc3ccccc3c2)nc1. The molecule has 1 heterocycles. The summed E-state index contributed by atoms with van der Waals surface area (Å²) < 4.78 is 5.68. The van der Waals surface area contributed by atoms with Crippen LogP contribution in [-0.2, 0) is 0 Å². The fraction of sp³-hybridized carbons (Fsp3) is 0. The number of fused-ring (bicyclic) bond motifs is 1. The Morgan fingerprint density at radius 3 is 2.41 bits per heavy atom. The lowest BCUT2D eigenvalue weighted by atomic mass is 10.1. The van der Waals surface area contributed by atoms with E-state index in [4.69, 9.17) is 4.74 Å². The van der Waals surface area contributed by atoms with Gasteiger partial charge in [0.1, 0.15) is 5.75 Å². The number of rotatable bonds is 2. The Morgan fingerprint density at radius 2 is 1.59 bits per heavy atom. The van der Waals surface area contributed by atoms with E-state index in [0.29, 0.717) is 5.88 Å². The highest BCUT2D eigenvalue weighted by atomic mass is 16.5. The van der Waals surface area contributed by atoms with Gasteiger partial charge in [-0.1, -0.05) is 36.4 Å². The molecule has 0 saturated carbocycles. The molecule has 0 atom stereocenters. The highest BCUT2D eigenvalue weighted by molar-refractivity contribution is 5.83. The lowest BCUT2D eigenvalue weighted by Gasteiger charge is -2.05. The molecule has 2 heteroatoms. The van der Waals surface area contributed by atoms with Crippen LogP contribution in [0.5, 0.6) is 11.6 Å². The minimum atomic E-state index is 0.614. The molecule has 3 rings (SSSR count). The summed E-state index contributed by atoms with van der Waals surface area (Å²) in [5.41, 5.74) is 0. The third-order valence-electron chi connectivity index (χ3n) is 2.58. The normalized spacial score (nSPS) is 10.4. The van der Waals surface area contributed by atoms with Gasteiger partial charge in [0.2, 0.25) is 5.88 Å². The number of aromatic nitrogens is 1. The minimum absolute atomic E-state index is 0.614. The van der Waals surface area contributed by atoms with Crippen LogP contribution in [0.3, 0.4) is 0 Å². The molecule has 0 bridgehead atoms. The number of hydrogen-bond acceptors (Lipinski definition) is 2. The lowest BCUT2D eigenvalue weighted by molar-refractivity contribution is 0.463. The second-order valence-corrected chi connectivity index (χ2v) is 3.78. The van der Waals surface area contributed by atoms with Crippen LogP contribution in [0.1, 0.15) is 0 Å². The van der Waals surface area contributed by atoms with Gasteiger partial charge in [0.05, 0.1) is 0 Å². The van der Waals surface area contributed by atoms with Gasteiger partial charge in [-0.05, 0) is 29.0 Å². The molecule has 0 aliphatic carbocycles. The van der Waals surface area contributed by atoms with Crippen LogP contribution in [0, 0.1) is 0 Å². The van der Waals surface area contributed by atoms with Crippen LogP contribution in [0.2, 0.25) is 0 Å². The van der Waals surface area contributed by atoms with Crippen molar-refractivity contribution < 1.29 is 4.74 Å². The van der Waals surface area contributed by atoms with Crippen molar-refractivity contribution in [1.29, 1.82) is 0 Å². The number of pyridine rings is 1. The minimum Gasteiger partial charge on any atom is -0.439 e. The van der Waals surface area contributed by atoms with Gasteiger partial charge in [-0.25, -0.2) is 4.98 Å². The standard InChI is InChI=1S/C15H11NO/c1-2-6-13-11-14(9-8-12(13)5-1)17-15-7-3-4-10-16-15/h1-11H. The smallest absolute Gasteiger partial charge is 0.219 e. The van der Waals surface area contributed by atoms with Gasteiger partial charge in [0.25, 0.3) is 0 Å². The lowest BCUT2D eigenvalue weighted by Crippen LogP contribution is -1.86. The van der Waals surface area contributed by atoms with E-state index in [1.165, 1.54) is 10.8 Å². The van der Waals surface area contributed by atoms with Gasteiger partial charge in [0, 0.05) is 12.3 Å². The Bertz CT molecular complexity index is 635. The van der Waals surface area contributed by atoms with Crippen molar-refractivity contribution in [1.82, 2.24) is 4.98 Å². The third-order valence-corrected chi connectivity index (χ3v) is 2.58. The summed E-state index contributed by atoms with van der Waals surface area (Å²) in [5.74, 6) is 1.42. The molecule has 3 aromatic rings. The first-order valence-electron chi connectivity index (χ1n) is 5.49. The van der Waals surface area contributed by atoms with Gasteiger partial charge in [-0.3, -0.25) is 0 Å². The monoisotopic (exact) mass is 221 g/mol. The Balaban J connectivity index is 1.96. The summed E-state index contributed by atoms with van der Waals surface area (Å²) in [6.07, 6.45) is 1.72. The second-order valence-electron chi connectivity index (χ2n) is 3.78.